The van der Waals surface area contributed by atoms with Crippen molar-refractivity contribution in [3.63, 3.8) is 0 Å². The van der Waals surface area contributed by atoms with Crippen molar-refractivity contribution >= 4 is 10.2 Å². The van der Waals surface area contributed by atoms with Crippen LogP contribution in [0.1, 0.15) is 12.8 Å². The van der Waals surface area contributed by atoms with Gasteiger partial charge in [-0.15, -0.1) is 0 Å². The Labute approximate surface area is 84.8 Å². The van der Waals surface area contributed by atoms with Crippen LogP contribution in [0.4, 0.5) is 0 Å². The molecule has 0 amide bonds. The van der Waals surface area contributed by atoms with Crippen molar-refractivity contribution in [2.75, 3.05) is 33.3 Å². The zero-order valence-electron chi connectivity index (χ0n) is 8.35. The second kappa shape index (κ2) is 3.77. The highest BCUT2D eigenvalue weighted by atomic mass is 32.2. The molecule has 2 saturated heterocycles. The molecule has 2 heterocycles. The maximum Gasteiger partial charge on any atom is 0.281 e. The first-order valence-corrected chi connectivity index (χ1v) is 6.33. The Morgan fingerprint density at radius 1 is 1.43 bits per heavy atom. The van der Waals surface area contributed by atoms with Crippen LogP contribution in [0.2, 0.25) is 0 Å². The van der Waals surface area contributed by atoms with Crippen LogP contribution in [0.3, 0.4) is 0 Å². The molecule has 2 aliphatic heterocycles. The predicted octanol–water partition coefficient (Wildman–Crippen LogP) is -0.342. The minimum Gasteiger partial charge on any atom is -0.377 e. The molecule has 14 heavy (non-hydrogen) atoms. The normalized spacial score (nSPS) is 33.9. The first-order valence-electron chi connectivity index (χ1n) is 4.94. The lowest BCUT2D eigenvalue weighted by atomic mass is 10.2. The van der Waals surface area contributed by atoms with Crippen LogP contribution >= 0.6 is 0 Å². The van der Waals surface area contributed by atoms with Gasteiger partial charge in [-0.25, -0.2) is 0 Å². The van der Waals surface area contributed by atoms with Gasteiger partial charge in [0.2, 0.25) is 0 Å². The van der Waals surface area contributed by atoms with Gasteiger partial charge in [-0.05, 0) is 12.8 Å². The molecule has 0 aromatic carbocycles. The average molecular weight is 220 g/mol. The fourth-order valence-electron chi connectivity index (χ4n) is 1.88. The molecule has 5 nitrogen and oxygen atoms in total. The van der Waals surface area contributed by atoms with Crippen molar-refractivity contribution in [2.45, 2.75) is 18.9 Å². The third kappa shape index (κ3) is 1.79. The number of likely N-dealkylation sites (N-methyl/N-ethyl adjacent to an activating group) is 1. The first-order chi connectivity index (χ1) is 6.60. The van der Waals surface area contributed by atoms with E-state index >= 15 is 0 Å². The Morgan fingerprint density at radius 2 is 2.21 bits per heavy atom. The molecular formula is C8H16N2O3S. The van der Waals surface area contributed by atoms with Gasteiger partial charge in [-0.2, -0.15) is 17.0 Å². The Kier molecular flexibility index (Phi) is 2.79. The van der Waals surface area contributed by atoms with Gasteiger partial charge >= 0.3 is 0 Å². The summed E-state index contributed by atoms with van der Waals surface area (Å²) in [6, 6.07) is 0. The summed E-state index contributed by atoms with van der Waals surface area (Å²) in [5.74, 6) is 0. The fourth-order valence-corrected chi connectivity index (χ4v) is 3.25. The largest absolute Gasteiger partial charge is 0.377 e. The standard InChI is InChI=1S/C8H16N2O3S/c1-9-4-5-10(14(9,11)12)7-8-3-2-6-13-8/h8H,2-7H2,1H3. The zero-order chi connectivity index (χ0) is 10.2. The molecule has 0 bridgehead atoms. The fraction of sp³-hybridized carbons (Fsp3) is 1.00. The molecule has 2 aliphatic rings. The topological polar surface area (TPSA) is 49.9 Å². The molecule has 0 aromatic rings. The van der Waals surface area contributed by atoms with Crippen molar-refractivity contribution in [3.8, 4) is 0 Å². The summed E-state index contributed by atoms with van der Waals surface area (Å²) in [6.07, 6.45) is 2.14. The van der Waals surface area contributed by atoms with E-state index in [-0.39, 0.29) is 6.10 Å². The first kappa shape index (κ1) is 10.4. The summed E-state index contributed by atoms with van der Waals surface area (Å²) >= 11 is 0. The summed E-state index contributed by atoms with van der Waals surface area (Å²) in [4.78, 5) is 0. The lowest BCUT2D eigenvalue weighted by Gasteiger charge is -2.18. The molecule has 0 saturated carbocycles. The molecule has 0 N–H and O–H groups in total. The molecule has 0 spiro atoms. The van der Waals surface area contributed by atoms with Gasteiger partial charge < -0.3 is 4.74 Å². The van der Waals surface area contributed by atoms with Gasteiger partial charge in [0.05, 0.1) is 6.10 Å². The van der Waals surface area contributed by atoms with Crippen molar-refractivity contribution in [3.05, 3.63) is 0 Å². The Morgan fingerprint density at radius 3 is 2.71 bits per heavy atom. The maximum atomic E-state index is 11.7. The molecule has 6 heteroatoms. The van der Waals surface area contributed by atoms with E-state index in [2.05, 4.69) is 0 Å². The van der Waals surface area contributed by atoms with E-state index in [0.717, 1.165) is 19.4 Å². The van der Waals surface area contributed by atoms with Crippen molar-refractivity contribution in [1.82, 2.24) is 8.61 Å². The van der Waals surface area contributed by atoms with E-state index < -0.39 is 10.2 Å². The van der Waals surface area contributed by atoms with Gasteiger partial charge in [0.1, 0.15) is 0 Å². The van der Waals surface area contributed by atoms with E-state index in [1.54, 1.807) is 7.05 Å². The van der Waals surface area contributed by atoms with E-state index in [0.29, 0.717) is 19.6 Å². The summed E-state index contributed by atoms with van der Waals surface area (Å²) in [5, 5.41) is 0. The van der Waals surface area contributed by atoms with Crippen LogP contribution in [0.15, 0.2) is 0 Å². The predicted molar refractivity (Wildman–Crippen MR) is 52.1 cm³/mol. The van der Waals surface area contributed by atoms with Gasteiger partial charge in [0, 0.05) is 33.3 Å². The maximum absolute atomic E-state index is 11.7. The highest BCUT2D eigenvalue weighted by molar-refractivity contribution is 7.87. The van der Waals surface area contributed by atoms with Crippen LogP contribution in [-0.2, 0) is 14.9 Å². The highest BCUT2D eigenvalue weighted by Gasteiger charge is 2.35. The van der Waals surface area contributed by atoms with Gasteiger partial charge in [-0.3, -0.25) is 0 Å². The number of hydrogen-bond acceptors (Lipinski definition) is 3. The number of rotatable bonds is 2. The Balaban J connectivity index is 1.98. The molecule has 1 atom stereocenters. The van der Waals surface area contributed by atoms with Crippen molar-refractivity contribution < 1.29 is 13.2 Å². The van der Waals surface area contributed by atoms with Crippen LogP contribution in [-0.4, -0.2) is 56.4 Å². The molecule has 2 fully saturated rings. The van der Waals surface area contributed by atoms with Crippen LogP contribution in [0.5, 0.6) is 0 Å². The van der Waals surface area contributed by atoms with E-state index in [1.807, 2.05) is 0 Å². The summed E-state index contributed by atoms with van der Waals surface area (Å²) in [7, 11) is -1.55. The molecule has 82 valence electrons. The number of ether oxygens (including phenoxy) is 1. The van der Waals surface area contributed by atoms with Gasteiger partial charge in [0.15, 0.2) is 0 Å². The van der Waals surface area contributed by atoms with Crippen molar-refractivity contribution in [2.24, 2.45) is 0 Å². The molecule has 0 aliphatic carbocycles. The Hall–Kier alpha value is -0.170. The minimum atomic E-state index is -3.17. The van der Waals surface area contributed by atoms with Gasteiger partial charge in [-0.1, -0.05) is 0 Å². The summed E-state index contributed by atoms with van der Waals surface area (Å²) in [5.41, 5.74) is 0. The van der Waals surface area contributed by atoms with Gasteiger partial charge in [0.25, 0.3) is 10.2 Å². The third-order valence-electron chi connectivity index (χ3n) is 2.82. The minimum absolute atomic E-state index is 0.108. The SMILES string of the molecule is CN1CCN(CC2CCCO2)S1(=O)=O. The van der Waals surface area contributed by atoms with Crippen LogP contribution < -0.4 is 0 Å². The number of nitrogens with zero attached hydrogens (tertiary/aromatic N) is 2. The molecule has 0 aromatic heterocycles. The summed E-state index contributed by atoms with van der Waals surface area (Å²) in [6.45, 7) is 2.48. The molecule has 1 unspecified atom stereocenters. The molecular weight excluding hydrogens is 204 g/mol. The lowest BCUT2D eigenvalue weighted by molar-refractivity contribution is 0.0958. The molecule has 0 radical (unpaired) electrons. The second-order valence-corrected chi connectivity index (χ2v) is 5.86. The zero-order valence-corrected chi connectivity index (χ0v) is 9.16. The quantitative estimate of drug-likeness (QED) is 0.639. The number of hydrogen-bond donors (Lipinski definition) is 0. The Bertz CT molecular complexity index is 298. The second-order valence-electron chi connectivity index (χ2n) is 3.82. The van der Waals surface area contributed by atoms with E-state index in [4.69, 9.17) is 4.74 Å². The highest BCUT2D eigenvalue weighted by Crippen LogP contribution is 2.19. The monoisotopic (exact) mass is 220 g/mol. The molecule has 2 rings (SSSR count). The summed E-state index contributed by atoms with van der Waals surface area (Å²) < 4.78 is 31.7. The van der Waals surface area contributed by atoms with E-state index in [9.17, 15) is 8.42 Å². The lowest BCUT2D eigenvalue weighted by Crippen LogP contribution is -2.36. The van der Waals surface area contributed by atoms with E-state index in [1.165, 1.54) is 8.61 Å². The third-order valence-corrected chi connectivity index (χ3v) is 4.77. The smallest absolute Gasteiger partial charge is 0.281 e. The van der Waals surface area contributed by atoms with Crippen molar-refractivity contribution in [1.29, 1.82) is 0 Å². The average Bonchev–Trinajstić information content (AvgIpc) is 2.70. The van der Waals surface area contributed by atoms with Crippen LogP contribution in [0.25, 0.3) is 0 Å². The van der Waals surface area contributed by atoms with Crippen LogP contribution in [0, 0.1) is 0 Å².